The van der Waals surface area contributed by atoms with E-state index in [1.54, 1.807) is 0 Å². The van der Waals surface area contributed by atoms with Crippen molar-refractivity contribution in [3.05, 3.63) is 69.8 Å². The van der Waals surface area contributed by atoms with Crippen LogP contribution in [0.15, 0.2) is 53.4 Å². The quantitative estimate of drug-likeness (QED) is 0.655. The summed E-state index contributed by atoms with van der Waals surface area (Å²) in [6.45, 7) is -0.211. The molecule has 1 N–H and O–H groups in total. The Bertz CT molecular complexity index is 832. The maximum atomic E-state index is 12.4. The van der Waals surface area contributed by atoms with Gasteiger partial charge in [-0.2, -0.15) is 13.2 Å². The minimum absolute atomic E-state index is 0.181. The van der Waals surface area contributed by atoms with Crippen LogP contribution in [0.1, 0.15) is 11.1 Å². The molecule has 0 heterocycles. The van der Waals surface area contributed by atoms with Crippen molar-refractivity contribution in [1.29, 1.82) is 0 Å². The van der Waals surface area contributed by atoms with E-state index in [1.807, 2.05) is 0 Å². The van der Waals surface area contributed by atoms with Crippen LogP contribution in [-0.2, 0) is 22.7 Å². The normalized spacial score (nSPS) is 12.1. The molecule has 0 unspecified atom stereocenters. The van der Waals surface area contributed by atoms with Gasteiger partial charge in [-0.05, 0) is 29.8 Å². The first-order valence-electron chi connectivity index (χ1n) is 6.50. The highest BCUT2D eigenvalue weighted by Crippen LogP contribution is 2.29. The van der Waals surface area contributed by atoms with Gasteiger partial charge >= 0.3 is 6.18 Å². The zero-order chi connectivity index (χ0) is 18.0. The van der Waals surface area contributed by atoms with Crippen molar-refractivity contribution in [3.63, 3.8) is 0 Å². The van der Waals surface area contributed by atoms with Crippen LogP contribution in [0.4, 0.5) is 18.9 Å². The maximum Gasteiger partial charge on any atom is 0.416 e. The summed E-state index contributed by atoms with van der Waals surface area (Å²) >= 11 is 0. The van der Waals surface area contributed by atoms with Crippen LogP contribution >= 0.6 is 0 Å². The monoisotopic (exact) mass is 360 g/mol. The number of hydrogen-bond donors (Lipinski definition) is 1. The van der Waals surface area contributed by atoms with E-state index in [2.05, 4.69) is 4.72 Å². The average molecular weight is 360 g/mol. The highest BCUT2D eigenvalue weighted by molar-refractivity contribution is 7.89. The van der Waals surface area contributed by atoms with Crippen LogP contribution in [0.5, 0.6) is 0 Å². The van der Waals surface area contributed by atoms with E-state index in [1.165, 1.54) is 12.1 Å². The van der Waals surface area contributed by atoms with Gasteiger partial charge in [0.2, 0.25) is 10.0 Å². The number of nitro groups is 1. The molecule has 0 bridgehead atoms. The fourth-order valence-electron chi connectivity index (χ4n) is 1.82. The number of hydrogen-bond acceptors (Lipinski definition) is 4. The van der Waals surface area contributed by atoms with Gasteiger partial charge in [-0.3, -0.25) is 10.1 Å². The van der Waals surface area contributed by atoms with E-state index in [0.29, 0.717) is 5.56 Å². The van der Waals surface area contributed by atoms with Crippen molar-refractivity contribution >= 4 is 15.7 Å². The third-order valence-electron chi connectivity index (χ3n) is 3.11. The van der Waals surface area contributed by atoms with Gasteiger partial charge in [0.05, 0.1) is 15.4 Å². The van der Waals surface area contributed by atoms with Crippen LogP contribution in [0.2, 0.25) is 0 Å². The summed E-state index contributed by atoms with van der Waals surface area (Å²) in [6, 6.07) is 8.30. The number of halogens is 3. The zero-order valence-electron chi connectivity index (χ0n) is 11.9. The lowest BCUT2D eigenvalue weighted by atomic mass is 10.1. The molecule has 0 aromatic heterocycles. The van der Waals surface area contributed by atoms with Gasteiger partial charge in [-0.1, -0.05) is 12.1 Å². The number of nitrogens with one attached hydrogen (secondary N) is 1. The van der Waals surface area contributed by atoms with E-state index in [-0.39, 0.29) is 17.1 Å². The standard InChI is InChI=1S/C14H11F3N2O4S/c15-14(16,17)11-3-1-10(2-4-11)9-18-24(22,23)13-7-5-12(6-8-13)19(20)21/h1-8,18H,9H2. The van der Waals surface area contributed by atoms with Gasteiger partial charge < -0.3 is 0 Å². The van der Waals surface area contributed by atoms with E-state index in [4.69, 9.17) is 0 Å². The second-order valence-electron chi connectivity index (χ2n) is 4.77. The minimum Gasteiger partial charge on any atom is -0.258 e. The molecule has 0 spiro atoms. The first kappa shape index (κ1) is 17.9. The number of nitro benzene ring substituents is 1. The first-order valence-corrected chi connectivity index (χ1v) is 7.98. The summed E-state index contributed by atoms with van der Waals surface area (Å²) in [6.07, 6.45) is -4.46. The second kappa shape index (κ2) is 6.57. The highest BCUT2D eigenvalue weighted by Gasteiger charge is 2.29. The molecule has 0 saturated heterocycles. The van der Waals surface area contributed by atoms with E-state index < -0.39 is 26.7 Å². The van der Waals surface area contributed by atoms with Gasteiger partial charge in [0.15, 0.2) is 0 Å². The molecule has 0 saturated carbocycles. The summed E-state index contributed by atoms with van der Waals surface area (Å²) in [5, 5.41) is 10.5. The van der Waals surface area contributed by atoms with Crippen LogP contribution < -0.4 is 4.72 Å². The molecule has 2 rings (SSSR count). The van der Waals surface area contributed by atoms with Crippen LogP contribution in [-0.4, -0.2) is 13.3 Å². The Morgan fingerprint density at radius 2 is 1.54 bits per heavy atom. The number of sulfonamides is 1. The third-order valence-corrected chi connectivity index (χ3v) is 4.52. The molecule has 10 heteroatoms. The molecule has 0 fully saturated rings. The van der Waals surface area contributed by atoms with Gasteiger partial charge in [0, 0.05) is 18.7 Å². The Hall–Kier alpha value is -2.46. The van der Waals surface area contributed by atoms with E-state index >= 15 is 0 Å². The van der Waals surface area contributed by atoms with E-state index in [0.717, 1.165) is 36.4 Å². The lowest BCUT2D eigenvalue weighted by molar-refractivity contribution is -0.384. The van der Waals surface area contributed by atoms with Crippen molar-refractivity contribution < 1.29 is 26.5 Å². The Labute approximate surface area is 135 Å². The number of benzene rings is 2. The number of non-ortho nitro benzene ring substituents is 1. The second-order valence-corrected chi connectivity index (χ2v) is 6.54. The molecular weight excluding hydrogens is 349 g/mol. The average Bonchev–Trinajstić information content (AvgIpc) is 2.52. The minimum atomic E-state index is -4.46. The summed E-state index contributed by atoms with van der Waals surface area (Å²) in [5.41, 5.74) is -0.741. The fourth-order valence-corrected chi connectivity index (χ4v) is 2.84. The lowest BCUT2D eigenvalue weighted by Crippen LogP contribution is -2.23. The predicted octanol–water partition coefficient (Wildman–Crippen LogP) is 3.09. The van der Waals surface area contributed by atoms with Gasteiger partial charge in [-0.15, -0.1) is 0 Å². The summed E-state index contributed by atoms with van der Waals surface area (Å²) in [4.78, 5) is 9.69. The molecule has 0 atom stereocenters. The third kappa shape index (κ3) is 4.30. The van der Waals surface area contributed by atoms with Crippen LogP contribution in [0, 0.1) is 10.1 Å². The number of alkyl halides is 3. The fraction of sp³-hybridized carbons (Fsp3) is 0.143. The molecule has 0 radical (unpaired) electrons. The summed E-state index contributed by atoms with van der Waals surface area (Å²) in [7, 11) is -3.93. The first-order chi connectivity index (χ1) is 11.1. The Morgan fingerprint density at radius 3 is 2.00 bits per heavy atom. The van der Waals surface area contributed by atoms with Crippen LogP contribution in [0.3, 0.4) is 0 Å². The Balaban J connectivity index is 2.08. The smallest absolute Gasteiger partial charge is 0.258 e. The number of rotatable bonds is 5. The SMILES string of the molecule is O=[N+]([O-])c1ccc(S(=O)(=O)NCc2ccc(C(F)(F)F)cc2)cc1. The largest absolute Gasteiger partial charge is 0.416 e. The molecule has 6 nitrogen and oxygen atoms in total. The molecule has 24 heavy (non-hydrogen) atoms. The zero-order valence-corrected chi connectivity index (χ0v) is 12.8. The maximum absolute atomic E-state index is 12.4. The van der Waals surface area contributed by atoms with Crippen molar-refractivity contribution in [2.24, 2.45) is 0 Å². The van der Waals surface area contributed by atoms with Crippen molar-refractivity contribution in [3.8, 4) is 0 Å². The van der Waals surface area contributed by atoms with Gasteiger partial charge in [-0.25, -0.2) is 13.1 Å². The molecular formula is C14H11F3N2O4S. The van der Waals surface area contributed by atoms with E-state index in [9.17, 15) is 31.7 Å². The molecule has 128 valence electrons. The molecule has 0 aliphatic carbocycles. The van der Waals surface area contributed by atoms with Crippen molar-refractivity contribution in [2.75, 3.05) is 0 Å². The van der Waals surface area contributed by atoms with Gasteiger partial charge in [0.25, 0.3) is 5.69 Å². The molecule has 2 aromatic rings. The lowest BCUT2D eigenvalue weighted by Gasteiger charge is -2.09. The molecule has 2 aromatic carbocycles. The van der Waals surface area contributed by atoms with Crippen molar-refractivity contribution in [1.82, 2.24) is 4.72 Å². The highest BCUT2D eigenvalue weighted by atomic mass is 32.2. The summed E-state index contributed by atoms with van der Waals surface area (Å²) < 4.78 is 63.7. The molecule has 0 aliphatic rings. The topological polar surface area (TPSA) is 89.3 Å². The molecule has 0 amide bonds. The predicted molar refractivity (Wildman–Crippen MR) is 78.6 cm³/mol. The summed E-state index contributed by atoms with van der Waals surface area (Å²) in [5.74, 6) is 0. The Kier molecular flexibility index (Phi) is 4.90. The van der Waals surface area contributed by atoms with Crippen molar-refractivity contribution in [2.45, 2.75) is 17.6 Å². The Morgan fingerprint density at radius 1 is 1.00 bits per heavy atom. The number of nitrogens with zero attached hydrogens (tertiary/aromatic N) is 1. The van der Waals surface area contributed by atoms with Gasteiger partial charge in [0.1, 0.15) is 0 Å². The molecule has 0 aliphatic heterocycles. The van der Waals surface area contributed by atoms with Crippen LogP contribution in [0.25, 0.3) is 0 Å².